The van der Waals surface area contributed by atoms with Crippen molar-refractivity contribution < 1.29 is 13.2 Å². The van der Waals surface area contributed by atoms with Gasteiger partial charge in [0.25, 0.3) is 5.91 Å². The van der Waals surface area contributed by atoms with E-state index in [9.17, 15) is 13.2 Å². The lowest BCUT2D eigenvalue weighted by molar-refractivity contribution is 0.102. The van der Waals surface area contributed by atoms with Crippen molar-refractivity contribution in [2.24, 2.45) is 7.05 Å². The van der Waals surface area contributed by atoms with Crippen LogP contribution in [0.25, 0.3) is 22.0 Å². The minimum atomic E-state index is -3.28. The van der Waals surface area contributed by atoms with Crippen LogP contribution in [0.15, 0.2) is 71.8 Å². The van der Waals surface area contributed by atoms with Gasteiger partial charge < -0.3 is 9.88 Å². The number of aryl methyl sites for hydroxylation is 2. The van der Waals surface area contributed by atoms with Crippen molar-refractivity contribution >= 4 is 32.2 Å². The van der Waals surface area contributed by atoms with Crippen LogP contribution in [0.5, 0.6) is 0 Å². The van der Waals surface area contributed by atoms with E-state index >= 15 is 0 Å². The summed E-state index contributed by atoms with van der Waals surface area (Å²) in [5.74, 6) is -0.233. The van der Waals surface area contributed by atoms with Gasteiger partial charge in [-0.2, -0.15) is 0 Å². The van der Waals surface area contributed by atoms with Crippen molar-refractivity contribution in [2.75, 3.05) is 11.6 Å². The van der Waals surface area contributed by atoms with Crippen LogP contribution in [-0.4, -0.2) is 25.1 Å². The molecule has 0 aliphatic heterocycles. The number of fused-ring (bicyclic) bond motifs is 1. The molecule has 0 aliphatic carbocycles. The number of anilines is 1. The number of carbonyl (C=O) groups is 1. The van der Waals surface area contributed by atoms with Crippen LogP contribution in [0.1, 0.15) is 21.5 Å². The van der Waals surface area contributed by atoms with E-state index in [4.69, 9.17) is 0 Å². The highest BCUT2D eigenvalue weighted by Gasteiger charge is 2.19. The predicted molar refractivity (Wildman–Crippen MR) is 125 cm³/mol. The fourth-order valence-electron chi connectivity index (χ4n) is 4.01. The maximum absolute atomic E-state index is 13.0. The number of nitrogens with one attached hydrogen (secondary N) is 1. The van der Waals surface area contributed by atoms with E-state index in [0.717, 1.165) is 28.5 Å². The zero-order valence-corrected chi connectivity index (χ0v) is 18.7. The summed E-state index contributed by atoms with van der Waals surface area (Å²) in [4.78, 5) is 13.2. The highest BCUT2D eigenvalue weighted by Crippen LogP contribution is 2.34. The Labute approximate surface area is 182 Å². The van der Waals surface area contributed by atoms with Crippen molar-refractivity contribution in [2.45, 2.75) is 18.7 Å². The Morgan fingerprint density at radius 1 is 0.903 bits per heavy atom. The maximum atomic E-state index is 13.0. The number of sulfone groups is 1. The number of nitrogens with zero attached hydrogens (tertiary/aromatic N) is 1. The molecule has 1 amide bonds. The van der Waals surface area contributed by atoms with Crippen molar-refractivity contribution in [1.29, 1.82) is 0 Å². The van der Waals surface area contributed by atoms with Crippen LogP contribution >= 0.6 is 0 Å². The lowest BCUT2D eigenvalue weighted by Crippen LogP contribution is -2.12. The van der Waals surface area contributed by atoms with Gasteiger partial charge in [-0.1, -0.05) is 36.4 Å². The number of rotatable bonds is 4. The minimum Gasteiger partial charge on any atom is -0.350 e. The highest BCUT2D eigenvalue weighted by atomic mass is 32.2. The molecule has 0 fully saturated rings. The molecule has 3 aromatic carbocycles. The van der Waals surface area contributed by atoms with Crippen LogP contribution < -0.4 is 5.32 Å². The second kappa shape index (κ2) is 7.71. The summed E-state index contributed by atoms with van der Waals surface area (Å²) in [5, 5.41) is 5.21. The first-order valence-electron chi connectivity index (χ1n) is 9.93. The Kier molecular flexibility index (Phi) is 5.19. The molecule has 1 heterocycles. The van der Waals surface area contributed by atoms with Gasteiger partial charge in [-0.25, -0.2) is 8.42 Å². The van der Waals surface area contributed by atoms with E-state index in [2.05, 4.69) is 36.5 Å². The molecule has 6 heteroatoms. The SMILES string of the molecule is Cc1c(C(=O)Nc2ccc(S(C)(=O)=O)cc2)cn(C)c1-c1ccc(C)c2ccccc12. The van der Waals surface area contributed by atoms with E-state index in [1.54, 1.807) is 12.1 Å². The monoisotopic (exact) mass is 432 g/mol. The standard InChI is InChI=1S/C25H24N2O3S/c1-16-9-14-22(21-8-6-5-7-20(16)21)24-17(2)23(15-27(24)3)25(28)26-18-10-12-19(13-11-18)31(4,29)30/h5-15H,1-4H3,(H,26,28). The molecule has 0 unspecified atom stereocenters. The van der Waals surface area contributed by atoms with E-state index in [1.807, 2.05) is 36.9 Å². The molecule has 0 bridgehead atoms. The second-order valence-corrected chi connectivity index (χ2v) is 9.87. The Morgan fingerprint density at radius 3 is 2.19 bits per heavy atom. The van der Waals surface area contributed by atoms with Crippen LogP contribution in [0.4, 0.5) is 5.69 Å². The number of carbonyl (C=O) groups excluding carboxylic acids is 1. The largest absolute Gasteiger partial charge is 0.350 e. The lowest BCUT2D eigenvalue weighted by atomic mass is 9.96. The zero-order chi connectivity index (χ0) is 22.3. The van der Waals surface area contributed by atoms with Gasteiger partial charge in [0.05, 0.1) is 16.2 Å². The minimum absolute atomic E-state index is 0.218. The second-order valence-electron chi connectivity index (χ2n) is 7.85. The zero-order valence-electron chi connectivity index (χ0n) is 17.9. The van der Waals surface area contributed by atoms with Gasteiger partial charge in [-0.3, -0.25) is 4.79 Å². The first-order valence-corrected chi connectivity index (χ1v) is 11.8. The first-order chi connectivity index (χ1) is 14.7. The van der Waals surface area contributed by atoms with Crippen molar-refractivity contribution in [3.05, 3.63) is 83.6 Å². The van der Waals surface area contributed by atoms with Gasteiger partial charge in [-0.05, 0) is 60.0 Å². The third-order valence-corrected chi connectivity index (χ3v) is 6.75. The van der Waals surface area contributed by atoms with E-state index in [1.165, 1.54) is 23.1 Å². The van der Waals surface area contributed by atoms with E-state index in [-0.39, 0.29) is 10.8 Å². The molecule has 0 aliphatic rings. The molecule has 1 N–H and O–H groups in total. The van der Waals surface area contributed by atoms with Gasteiger partial charge in [0.2, 0.25) is 0 Å². The molecule has 0 spiro atoms. The maximum Gasteiger partial charge on any atom is 0.257 e. The van der Waals surface area contributed by atoms with Crippen LogP contribution in [0, 0.1) is 13.8 Å². The van der Waals surface area contributed by atoms with Crippen molar-refractivity contribution in [1.82, 2.24) is 4.57 Å². The van der Waals surface area contributed by atoms with Crippen molar-refractivity contribution in [3.63, 3.8) is 0 Å². The third-order valence-electron chi connectivity index (χ3n) is 5.62. The molecule has 31 heavy (non-hydrogen) atoms. The molecule has 1 aromatic heterocycles. The summed E-state index contributed by atoms with van der Waals surface area (Å²) in [6.07, 6.45) is 2.99. The average Bonchev–Trinajstić information content (AvgIpc) is 3.03. The van der Waals surface area contributed by atoms with Crippen LogP contribution in [0.3, 0.4) is 0 Å². The lowest BCUT2D eigenvalue weighted by Gasteiger charge is -2.12. The fourth-order valence-corrected chi connectivity index (χ4v) is 4.64. The Bertz CT molecular complexity index is 1420. The quantitative estimate of drug-likeness (QED) is 0.487. The predicted octanol–water partition coefficient (Wildman–Crippen LogP) is 5.12. The topological polar surface area (TPSA) is 68.2 Å². The molecule has 4 aromatic rings. The number of hydrogen-bond donors (Lipinski definition) is 1. The Balaban J connectivity index is 1.71. The fraction of sp³-hybridized carbons (Fsp3) is 0.160. The van der Waals surface area contributed by atoms with Gasteiger partial charge in [0.1, 0.15) is 0 Å². The normalized spacial score (nSPS) is 11.6. The summed E-state index contributed by atoms with van der Waals surface area (Å²) in [6.45, 7) is 4.05. The van der Waals surface area contributed by atoms with Crippen LogP contribution in [-0.2, 0) is 16.9 Å². The molecule has 0 saturated carbocycles. The smallest absolute Gasteiger partial charge is 0.257 e. The summed E-state index contributed by atoms with van der Waals surface area (Å²) < 4.78 is 25.2. The molecule has 0 radical (unpaired) electrons. The molecule has 5 nitrogen and oxygen atoms in total. The number of amides is 1. The molecular weight excluding hydrogens is 408 g/mol. The molecular formula is C25H24N2O3S. The summed E-state index contributed by atoms with van der Waals surface area (Å²) in [7, 11) is -1.34. The summed E-state index contributed by atoms with van der Waals surface area (Å²) >= 11 is 0. The van der Waals surface area contributed by atoms with Gasteiger partial charge >= 0.3 is 0 Å². The van der Waals surface area contributed by atoms with Crippen molar-refractivity contribution in [3.8, 4) is 11.3 Å². The number of hydrogen-bond acceptors (Lipinski definition) is 3. The average molecular weight is 433 g/mol. The van der Waals surface area contributed by atoms with Crippen LogP contribution in [0.2, 0.25) is 0 Å². The highest BCUT2D eigenvalue weighted by molar-refractivity contribution is 7.90. The first kappa shape index (κ1) is 20.9. The summed E-state index contributed by atoms with van der Waals surface area (Å²) in [6, 6.07) is 18.7. The Morgan fingerprint density at radius 2 is 1.55 bits per heavy atom. The molecule has 0 atom stereocenters. The van der Waals surface area contributed by atoms with Gasteiger partial charge in [0, 0.05) is 30.8 Å². The molecule has 158 valence electrons. The molecule has 0 saturated heterocycles. The third kappa shape index (κ3) is 3.86. The van der Waals surface area contributed by atoms with Gasteiger partial charge in [-0.15, -0.1) is 0 Å². The Hall–Kier alpha value is -3.38. The summed E-state index contributed by atoms with van der Waals surface area (Å²) in [5.41, 5.74) is 5.30. The number of benzene rings is 3. The number of aromatic nitrogens is 1. The van der Waals surface area contributed by atoms with E-state index in [0.29, 0.717) is 11.3 Å². The van der Waals surface area contributed by atoms with Gasteiger partial charge in [0.15, 0.2) is 9.84 Å². The van der Waals surface area contributed by atoms with E-state index < -0.39 is 9.84 Å². The molecule has 4 rings (SSSR count).